The van der Waals surface area contributed by atoms with Gasteiger partial charge in [0, 0.05) is 27.1 Å². The Labute approximate surface area is 159 Å². The van der Waals surface area contributed by atoms with Crippen molar-refractivity contribution in [3.8, 4) is 16.8 Å². The smallest absolute Gasteiger partial charge is 0.145 e. The summed E-state index contributed by atoms with van der Waals surface area (Å²) in [5.41, 5.74) is 5.70. The lowest BCUT2D eigenvalue weighted by Gasteiger charge is -2.07. The number of benzene rings is 3. The van der Waals surface area contributed by atoms with E-state index in [-0.39, 0.29) is 0 Å². The van der Waals surface area contributed by atoms with Crippen LogP contribution in [0.15, 0.2) is 95.6 Å². The molecule has 0 aliphatic rings. The molecule has 2 nitrogen and oxygen atoms in total. The maximum Gasteiger partial charge on any atom is 0.145 e. The van der Waals surface area contributed by atoms with Crippen LogP contribution in [0.4, 0.5) is 0 Å². The van der Waals surface area contributed by atoms with Gasteiger partial charge in [0.15, 0.2) is 0 Å². The maximum absolute atomic E-state index is 4.67. The van der Waals surface area contributed by atoms with Gasteiger partial charge in [0.1, 0.15) is 5.65 Å². The van der Waals surface area contributed by atoms with Crippen molar-refractivity contribution in [3.63, 3.8) is 0 Å². The van der Waals surface area contributed by atoms with Crippen molar-refractivity contribution in [1.29, 1.82) is 0 Å². The lowest BCUT2D eigenvalue weighted by atomic mass is 10.0. The highest BCUT2D eigenvalue weighted by Gasteiger charge is 2.13. The third-order valence-electron chi connectivity index (χ3n) is 4.72. The number of aromatic nitrogens is 2. The molecule has 0 N–H and O–H groups in total. The van der Waals surface area contributed by atoms with Gasteiger partial charge in [-0.3, -0.25) is 4.57 Å². The molecular weight excluding hydrogens is 384 g/mol. The van der Waals surface area contributed by atoms with E-state index < -0.39 is 0 Å². The highest BCUT2D eigenvalue weighted by atomic mass is 79.9. The summed E-state index contributed by atoms with van der Waals surface area (Å²) >= 11 is 3.51. The Hall–Kier alpha value is -2.91. The molecule has 3 aromatic carbocycles. The molecule has 5 rings (SSSR count). The molecule has 0 bridgehead atoms. The van der Waals surface area contributed by atoms with Crippen molar-refractivity contribution in [2.75, 3.05) is 0 Å². The third-order valence-corrected chi connectivity index (χ3v) is 5.25. The second-order valence-electron chi connectivity index (χ2n) is 6.28. The molecule has 0 radical (unpaired) electrons. The summed E-state index contributed by atoms with van der Waals surface area (Å²) in [6, 6.07) is 29.6. The van der Waals surface area contributed by atoms with Crippen LogP contribution in [0.5, 0.6) is 0 Å². The molecule has 0 amide bonds. The van der Waals surface area contributed by atoms with Gasteiger partial charge < -0.3 is 0 Å². The van der Waals surface area contributed by atoms with E-state index in [0.29, 0.717) is 0 Å². The Kier molecular flexibility index (Phi) is 3.61. The minimum atomic E-state index is 0.988. The standard InChI is InChI=1S/C23H15BrN2/c24-18-11-8-16(9-12-18)17-10-13-22-21(15-17)20-7-4-14-25-23(20)26(22)19-5-2-1-3-6-19/h1-15H. The first-order valence-corrected chi connectivity index (χ1v) is 9.31. The van der Waals surface area contributed by atoms with Gasteiger partial charge in [-0.1, -0.05) is 52.3 Å². The van der Waals surface area contributed by atoms with Gasteiger partial charge in [-0.05, 0) is 59.7 Å². The largest absolute Gasteiger partial charge is 0.294 e. The first-order valence-electron chi connectivity index (χ1n) is 8.52. The van der Waals surface area contributed by atoms with Gasteiger partial charge in [0.2, 0.25) is 0 Å². The quantitative estimate of drug-likeness (QED) is 0.327. The van der Waals surface area contributed by atoms with Crippen LogP contribution in [0.3, 0.4) is 0 Å². The molecule has 0 fully saturated rings. The van der Waals surface area contributed by atoms with Crippen molar-refractivity contribution in [3.05, 3.63) is 95.6 Å². The second-order valence-corrected chi connectivity index (χ2v) is 7.20. The van der Waals surface area contributed by atoms with Crippen LogP contribution in [-0.4, -0.2) is 9.55 Å². The molecule has 2 heterocycles. The average molecular weight is 399 g/mol. The summed E-state index contributed by atoms with van der Waals surface area (Å²) in [7, 11) is 0. The van der Waals surface area contributed by atoms with Crippen LogP contribution in [0.2, 0.25) is 0 Å². The summed E-state index contributed by atoms with van der Waals surface area (Å²) in [5, 5.41) is 2.39. The number of para-hydroxylation sites is 1. The Morgan fingerprint density at radius 2 is 1.46 bits per heavy atom. The van der Waals surface area contributed by atoms with Crippen LogP contribution < -0.4 is 0 Å². The van der Waals surface area contributed by atoms with Crippen molar-refractivity contribution in [1.82, 2.24) is 9.55 Å². The monoisotopic (exact) mass is 398 g/mol. The fourth-order valence-electron chi connectivity index (χ4n) is 3.51. The molecule has 2 aromatic heterocycles. The topological polar surface area (TPSA) is 17.8 Å². The van der Waals surface area contributed by atoms with Crippen LogP contribution in [0.25, 0.3) is 38.8 Å². The number of pyridine rings is 1. The SMILES string of the molecule is Brc1ccc(-c2ccc3c(c2)c2cccnc2n3-c2ccccc2)cc1. The first kappa shape index (κ1) is 15.4. The van der Waals surface area contributed by atoms with E-state index in [1.807, 2.05) is 18.3 Å². The predicted molar refractivity (Wildman–Crippen MR) is 112 cm³/mol. The zero-order valence-corrected chi connectivity index (χ0v) is 15.5. The minimum absolute atomic E-state index is 0.988. The van der Waals surface area contributed by atoms with Gasteiger partial charge in [0.25, 0.3) is 0 Å². The van der Waals surface area contributed by atoms with Crippen molar-refractivity contribution in [2.45, 2.75) is 0 Å². The zero-order chi connectivity index (χ0) is 17.5. The van der Waals surface area contributed by atoms with Crippen molar-refractivity contribution in [2.24, 2.45) is 0 Å². The number of fused-ring (bicyclic) bond motifs is 3. The molecule has 5 aromatic rings. The zero-order valence-electron chi connectivity index (χ0n) is 13.9. The molecule has 0 unspecified atom stereocenters. The number of nitrogens with zero attached hydrogens (tertiary/aromatic N) is 2. The third kappa shape index (κ3) is 2.44. The molecule has 0 aliphatic carbocycles. The van der Waals surface area contributed by atoms with Crippen LogP contribution in [0, 0.1) is 0 Å². The number of hydrogen-bond acceptors (Lipinski definition) is 1. The normalized spacial score (nSPS) is 11.3. The number of rotatable bonds is 2. The van der Waals surface area contributed by atoms with E-state index in [1.165, 1.54) is 27.4 Å². The van der Waals surface area contributed by atoms with Gasteiger partial charge in [0.05, 0.1) is 5.52 Å². The Morgan fingerprint density at radius 3 is 2.27 bits per heavy atom. The van der Waals surface area contributed by atoms with Gasteiger partial charge in [-0.2, -0.15) is 0 Å². The van der Waals surface area contributed by atoms with Crippen LogP contribution in [-0.2, 0) is 0 Å². The number of hydrogen-bond donors (Lipinski definition) is 0. The van der Waals surface area contributed by atoms with Gasteiger partial charge >= 0.3 is 0 Å². The van der Waals surface area contributed by atoms with Gasteiger partial charge in [-0.25, -0.2) is 4.98 Å². The summed E-state index contributed by atoms with van der Waals surface area (Å²) in [6.07, 6.45) is 1.86. The molecule has 3 heteroatoms. The molecule has 124 valence electrons. The average Bonchev–Trinajstić information content (AvgIpc) is 3.03. The van der Waals surface area contributed by atoms with Crippen LogP contribution >= 0.6 is 15.9 Å². The van der Waals surface area contributed by atoms with Crippen molar-refractivity contribution < 1.29 is 0 Å². The molecule has 0 aliphatic heterocycles. The van der Waals surface area contributed by atoms with Crippen molar-refractivity contribution >= 4 is 37.9 Å². The maximum atomic E-state index is 4.67. The lowest BCUT2D eigenvalue weighted by Crippen LogP contribution is -1.94. The van der Waals surface area contributed by atoms with E-state index >= 15 is 0 Å². The van der Waals surface area contributed by atoms with E-state index in [4.69, 9.17) is 0 Å². The summed E-state index contributed by atoms with van der Waals surface area (Å²) < 4.78 is 3.32. The van der Waals surface area contributed by atoms with Gasteiger partial charge in [-0.15, -0.1) is 0 Å². The first-order chi connectivity index (χ1) is 12.8. The fourth-order valence-corrected chi connectivity index (χ4v) is 3.77. The Bertz CT molecular complexity index is 1220. The molecule has 26 heavy (non-hydrogen) atoms. The number of halogens is 1. The van der Waals surface area contributed by atoms with E-state index in [0.717, 1.165) is 15.8 Å². The fraction of sp³-hybridized carbons (Fsp3) is 0. The van der Waals surface area contributed by atoms with Crippen LogP contribution in [0.1, 0.15) is 0 Å². The highest BCUT2D eigenvalue weighted by Crippen LogP contribution is 2.34. The highest BCUT2D eigenvalue weighted by molar-refractivity contribution is 9.10. The molecule has 0 atom stereocenters. The second kappa shape index (κ2) is 6.11. The van der Waals surface area contributed by atoms with E-state index in [2.05, 4.69) is 98.3 Å². The summed E-state index contributed by atoms with van der Waals surface area (Å²) in [6.45, 7) is 0. The Morgan fingerprint density at radius 1 is 0.692 bits per heavy atom. The molecular formula is C23H15BrN2. The Balaban J connectivity index is 1.82. The molecule has 0 saturated carbocycles. The lowest BCUT2D eigenvalue weighted by molar-refractivity contribution is 1.14. The summed E-state index contributed by atoms with van der Waals surface area (Å²) in [4.78, 5) is 4.67. The minimum Gasteiger partial charge on any atom is -0.294 e. The molecule has 0 saturated heterocycles. The summed E-state index contributed by atoms with van der Waals surface area (Å²) in [5.74, 6) is 0. The van der Waals surface area contributed by atoms with E-state index in [9.17, 15) is 0 Å². The molecule has 0 spiro atoms. The van der Waals surface area contributed by atoms with E-state index in [1.54, 1.807) is 0 Å². The predicted octanol–water partition coefficient (Wildman–Crippen LogP) is 6.61.